The highest BCUT2D eigenvalue weighted by molar-refractivity contribution is 14.1. The summed E-state index contributed by atoms with van der Waals surface area (Å²) in [7, 11) is 0. The highest BCUT2D eigenvalue weighted by Crippen LogP contribution is 2.31. The number of ether oxygens (including phenoxy) is 1. The molecule has 4 aromatic carbocycles. The molecular weight excluding hydrogens is 473 g/mol. The number of aryl methyl sites for hydroxylation is 1. The number of hydrogen-bond donors (Lipinski definition) is 0. The van der Waals surface area contributed by atoms with Gasteiger partial charge in [-0.15, -0.1) is 0 Å². The Balaban J connectivity index is 1.70. The van der Waals surface area contributed by atoms with E-state index in [1.807, 2.05) is 55.5 Å². The van der Waals surface area contributed by atoms with Crippen LogP contribution in [0.5, 0.6) is 0 Å². The van der Waals surface area contributed by atoms with Gasteiger partial charge < -0.3 is 4.74 Å². The number of hydrogen-bond acceptors (Lipinski definition) is 3. The maximum absolute atomic E-state index is 12.6. The fraction of sp³-hybridized carbons (Fsp3) is 0.0400. The number of benzene rings is 4. The number of cyclic esters (lactones) is 1. The summed E-state index contributed by atoms with van der Waals surface area (Å²) in [5.74, 6) is -0.0708. The zero-order chi connectivity index (χ0) is 20.0. The van der Waals surface area contributed by atoms with Crippen LogP contribution in [0.15, 0.2) is 83.5 Å². The Kier molecular flexibility index (Phi) is 4.43. The summed E-state index contributed by atoms with van der Waals surface area (Å²) >= 11 is 2.28. The average Bonchev–Trinajstić information content (AvgIpc) is 3.10. The molecule has 0 atom stereocenters. The van der Waals surface area contributed by atoms with Crippen LogP contribution in [0.2, 0.25) is 0 Å². The summed E-state index contributed by atoms with van der Waals surface area (Å²) in [5.41, 5.74) is 3.23. The predicted octanol–water partition coefficient (Wildman–Crippen LogP) is 6.25. The summed E-state index contributed by atoms with van der Waals surface area (Å²) in [6, 6.07) is 24.5. The third-order valence-corrected chi connectivity index (χ3v) is 6.33. The molecule has 1 aliphatic heterocycles. The molecule has 1 heterocycles. The Hall–Kier alpha value is -2.99. The topological polar surface area (TPSA) is 38.7 Å². The second-order valence-electron chi connectivity index (χ2n) is 7.03. The number of fused-ring (bicyclic) bond motifs is 2. The highest BCUT2D eigenvalue weighted by Gasteiger charge is 2.25. The smallest absolute Gasteiger partial charge is 0.363 e. The Morgan fingerprint density at radius 1 is 0.897 bits per heavy atom. The molecule has 140 valence electrons. The first-order chi connectivity index (χ1) is 14.1. The molecule has 0 saturated carbocycles. The molecule has 0 aromatic heterocycles. The van der Waals surface area contributed by atoms with Gasteiger partial charge in [0.25, 0.3) is 0 Å². The lowest BCUT2D eigenvalue weighted by Crippen LogP contribution is -2.05. The second-order valence-corrected chi connectivity index (χ2v) is 8.19. The van der Waals surface area contributed by atoms with Gasteiger partial charge in [-0.3, -0.25) is 0 Å². The van der Waals surface area contributed by atoms with Gasteiger partial charge in [0.1, 0.15) is 0 Å². The van der Waals surface area contributed by atoms with E-state index < -0.39 is 5.97 Å². The van der Waals surface area contributed by atoms with Gasteiger partial charge in [-0.1, -0.05) is 48.5 Å². The van der Waals surface area contributed by atoms with Gasteiger partial charge >= 0.3 is 5.97 Å². The molecule has 5 rings (SSSR count). The molecular formula is C25H16INO2. The minimum absolute atomic E-state index is 0.317. The molecule has 29 heavy (non-hydrogen) atoms. The van der Waals surface area contributed by atoms with Gasteiger partial charge in [-0.05, 0) is 92.5 Å². The maximum Gasteiger partial charge on any atom is 0.363 e. The van der Waals surface area contributed by atoms with Crippen molar-refractivity contribution in [3.8, 4) is 0 Å². The maximum atomic E-state index is 12.6. The summed E-state index contributed by atoms with van der Waals surface area (Å²) < 4.78 is 6.65. The van der Waals surface area contributed by atoms with E-state index in [2.05, 4.69) is 57.9 Å². The van der Waals surface area contributed by atoms with Gasteiger partial charge in [0, 0.05) is 9.13 Å². The van der Waals surface area contributed by atoms with Crippen LogP contribution in [0, 0.1) is 10.5 Å². The lowest BCUT2D eigenvalue weighted by Gasteiger charge is -2.08. The number of carbonyl (C=O) groups excluding carboxylic acids is 1. The number of carbonyl (C=O) groups is 1. The zero-order valence-corrected chi connectivity index (χ0v) is 17.8. The molecule has 0 unspecified atom stereocenters. The standard InChI is InChI=1S/C25H16INO2/c1-15-12-18(10-11-22(15)26)24-27-23(25(28)29-24)14-21-19-8-4-2-6-16(19)13-17-7-3-5-9-20(17)21/h2-14H,1H3/b23-14-. The first-order valence-corrected chi connectivity index (χ1v) is 10.4. The number of aliphatic imine (C=N–C) groups is 1. The molecule has 4 aromatic rings. The number of esters is 1. The monoisotopic (exact) mass is 489 g/mol. The molecule has 0 N–H and O–H groups in total. The third kappa shape index (κ3) is 3.23. The van der Waals surface area contributed by atoms with E-state index >= 15 is 0 Å². The highest BCUT2D eigenvalue weighted by atomic mass is 127. The molecule has 0 amide bonds. The van der Waals surface area contributed by atoms with Crippen molar-refractivity contribution in [2.24, 2.45) is 4.99 Å². The molecule has 0 aliphatic carbocycles. The predicted molar refractivity (Wildman–Crippen MR) is 126 cm³/mol. The van der Waals surface area contributed by atoms with Gasteiger partial charge in [0.15, 0.2) is 5.70 Å². The van der Waals surface area contributed by atoms with Crippen molar-refractivity contribution in [3.63, 3.8) is 0 Å². The zero-order valence-electron chi connectivity index (χ0n) is 15.6. The van der Waals surface area contributed by atoms with Crippen molar-refractivity contribution >= 4 is 62.1 Å². The first kappa shape index (κ1) is 18.1. The van der Waals surface area contributed by atoms with E-state index in [1.54, 1.807) is 0 Å². The van der Waals surface area contributed by atoms with E-state index in [1.165, 1.54) is 0 Å². The van der Waals surface area contributed by atoms with Crippen LogP contribution in [0.25, 0.3) is 27.6 Å². The van der Waals surface area contributed by atoms with Crippen molar-refractivity contribution in [1.29, 1.82) is 0 Å². The van der Waals surface area contributed by atoms with E-state index in [4.69, 9.17) is 4.74 Å². The van der Waals surface area contributed by atoms with Crippen molar-refractivity contribution in [1.82, 2.24) is 0 Å². The lowest BCUT2D eigenvalue weighted by atomic mass is 9.96. The van der Waals surface area contributed by atoms with E-state index in [-0.39, 0.29) is 0 Å². The summed E-state index contributed by atoms with van der Waals surface area (Å²) in [6.07, 6.45) is 1.85. The largest absolute Gasteiger partial charge is 0.402 e. The minimum atomic E-state index is -0.423. The van der Waals surface area contributed by atoms with Gasteiger partial charge in [-0.25, -0.2) is 9.79 Å². The van der Waals surface area contributed by atoms with Crippen LogP contribution >= 0.6 is 22.6 Å². The van der Waals surface area contributed by atoms with Crippen LogP contribution in [0.4, 0.5) is 0 Å². The average molecular weight is 489 g/mol. The second kappa shape index (κ2) is 7.12. The SMILES string of the molecule is Cc1cc(C2=N/C(=C\c3c4ccccc4cc4ccccc34)C(=O)O2)ccc1I. The van der Waals surface area contributed by atoms with Crippen LogP contribution in [-0.4, -0.2) is 11.9 Å². The van der Waals surface area contributed by atoms with Crippen molar-refractivity contribution in [2.45, 2.75) is 6.92 Å². The normalized spacial score (nSPS) is 15.2. The molecule has 0 radical (unpaired) electrons. The van der Waals surface area contributed by atoms with Gasteiger partial charge in [0.2, 0.25) is 5.90 Å². The molecule has 0 saturated heterocycles. The van der Waals surface area contributed by atoms with Gasteiger partial charge in [0.05, 0.1) is 0 Å². The van der Waals surface area contributed by atoms with Crippen LogP contribution in [-0.2, 0) is 9.53 Å². The molecule has 3 nitrogen and oxygen atoms in total. The summed E-state index contributed by atoms with van der Waals surface area (Å²) in [5, 5.41) is 4.42. The number of halogens is 1. The van der Waals surface area contributed by atoms with Crippen molar-refractivity contribution in [3.05, 3.63) is 98.8 Å². The van der Waals surface area contributed by atoms with E-state index in [0.29, 0.717) is 11.6 Å². The van der Waals surface area contributed by atoms with Crippen molar-refractivity contribution < 1.29 is 9.53 Å². The van der Waals surface area contributed by atoms with E-state index in [0.717, 1.165) is 41.8 Å². The number of rotatable bonds is 2. The Morgan fingerprint density at radius 2 is 1.55 bits per heavy atom. The molecule has 4 heteroatoms. The first-order valence-electron chi connectivity index (χ1n) is 9.30. The van der Waals surface area contributed by atoms with Crippen LogP contribution in [0.3, 0.4) is 0 Å². The Morgan fingerprint density at radius 3 is 2.21 bits per heavy atom. The Labute approximate surface area is 181 Å². The fourth-order valence-electron chi connectivity index (χ4n) is 3.65. The fourth-order valence-corrected chi connectivity index (χ4v) is 3.99. The molecule has 1 aliphatic rings. The third-order valence-electron chi connectivity index (χ3n) is 5.12. The summed E-state index contributed by atoms with van der Waals surface area (Å²) in [4.78, 5) is 17.1. The van der Waals surface area contributed by atoms with Crippen molar-refractivity contribution in [2.75, 3.05) is 0 Å². The quantitative estimate of drug-likeness (QED) is 0.145. The van der Waals surface area contributed by atoms with Crippen LogP contribution < -0.4 is 0 Å². The number of nitrogens with zero attached hydrogens (tertiary/aromatic N) is 1. The molecule has 0 spiro atoms. The van der Waals surface area contributed by atoms with Gasteiger partial charge in [-0.2, -0.15) is 0 Å². The lowest BCUT2D eigenvalue weighted by molar-refractivity contribution is -0.129. The van der Waals surface area contributed by atoms with E-state index in [9.17, 15) is 4.79 Å². The Bertz CT molecular complexity index is 1310. The van der Waals surface area contributed by atoms with Crippen LogP contribution in [0.1, 0.15) is 16.7 Å². The summed E-state index contributed by atoms with van der Waals surface area (Å²) in [6.45, 7) is 2.03. The molecule has 0 fully saturated rings. The molecule has 0 bridgehead atoms. The minimum Gasteiger partial charge on any atom is -0.402 e.